The minimum atomic E-state index is -0.810. The summed E-state index contributed by atoms with van der Waals surface area (Å²) in [6, 6.07) is 7.58. The fourth-order valence-corrected chi connectivity index (χ4v) is 1.99. The molecule has 1 heterocycles. The van der Waals surface area contributed by atoms with E-state index in [1.807, 2.05) is 31.3 Å². The van der Waals surface area contributed by atoms with Crippen LogP contribution < -0.4 is 5.32 Å². The van der Waals surface area contributed by atoms with Crippen molar-refractivity contribution in [2.24, 2.45) is 7.05 Å². The molecule has 0 amide bonds. The van der Waals surface area contributed by atoms with Gasteiger partial charge >= 0.3 is 5.97 Å². The van der Waals surface area contributed by atoms with Crippen molar-refractivity contribution in [3.8, 4) is 0 Å². The van der Waals surface area contributed by atoms with Gasteiger partial charge in [-0.25, -0.2) is 4.98 Å². The highest BCUT2D eigenvalue weighted by atomic mass is 16.4. The number of hydrogen-bond donors (Lipinski definition) is 2. The van der Waals surface area contributed by atoms with E-state index < -0.39 is 5.97 Å². The zero-order valence-corrected chi connectivity index (χ0v) is 11.4. The predicted octanol–water partition coefficient (Wildman–Crippen LogP) is 0.774. The third-order valence-electron chi connectivity index (χ3n) is 2.95. The zero-order chi connectivity index (χ0) is 14.4. The van der Waals surface area contributed by atoms with Gasteiger partial charge < -0.3 is 10.4 Å². The molecule has 1 aromatic heterocycles. The van der Waals surface area contributed by atoms with Crippen LogP contribution in [0.1, 0.15) is 17.0 Å². The van der Waals surface area contributed by atoms with Crippen LogP contribution in [-0.4, -0.2) is 32.4 Å². The molecular formula is C14H18N4O2. The van der Waals surface area contributed by atoms with Crippen LogP contribution in [0.4, 0.5) is 0 Å². The Bertz CT molecular complexity index is 580. The van der Waals surface area contributed by atoms with Crippen molar-refractivity contribution in [2.45, 2.75) is 19.4 Å². The summed E-state index contributed by atoms with van der Waals surface area (Å²) in [6.45, 7) is 1.40. The summed E-state index contributed by atoms with van der Waals surface area (Å²) in [5.41, 5.74) is 1.87. The first-order valence-corrected chi connectivity index (χ1v) is 6.49. The van der Waals surface area contributed by atoms with Gasteiger partial charge in [-0.3, -0.25) is 9.48 Å². The van der Waals surface area contributed by atoms with Crippen LogP contribution in [0.5, 0.6) is 0 Å². The third kappa shape index (κ3) is 4.17. The number of benzene rings is 1. The third-order valence-corrected chi connectivity index (χ3v) is 2.95. The number of nitrogens with zero attached hydrogens (tertiary/aromatic N) is 3. The summed E-state index contributed by atoms with van der Waals surface area (Å²) >= 11 is 0. The minimum absolute atomic E-state index is 0.0552. The van der Waals surface area contributed by atoms with E-state index in [2.05, 4.69) is 15.4 Å². The molecule has 106 valence electrons. The second-order valence-corrected chi connectivity index (χ2v) is 4.60. The summed E-state index contributed by atoms with van der Waals surface area (Å²) < 4.78 is 1.68. The lowest BCUT2D eigenvalue weighted by molar-refractivity contribution is -0.136. The van der Waals surface area contributed by atoms with Gasteiger partial charge in [-0.2, -0.15) is 5.10 Å². The summed E-state index contributed by atoms with van der Waals surface area (Å²) in [4.78, 5) is 15.0. The molecule has 0 saturated heterocycles. The first-order chi connectivity index (χ1) is 9.65. The highest BCUT2D eigenvalue weighted by Crippen LogP contribution is 2.09. The second-order valence-electron chi connectivity index (χ2n) is 4.60. The molecule has 0 aliphatic heterocycles. The van der Waals surface area contributed by atoms with E-state index in [1.54, 1.807) is 11.0 Å². The molecule has 2 rings (SSSR count). The van der Waals surface area contributed by atoms with Gasteiger partial charge in [0, 0.05) is 26.6 Å². The molecular weight excluding hydrogens is 256 g/mol. The monoisotopic (exact) mass is 274 g/mol. The molecule has 0 saturated carbocycles. The van der Waals surface area contributed by atoms with E-state index in [0.29, 0.717) is 6.54 Å². The average molecular weight is 274 g/mol. The van der Waals surface area contributed by atoms with E-state index in [-0.39, 0.29) is 6.42 Å². The molecule has 0 bridgehead atoms. The number of carboxylic acid groups (broad SMARTS) is 1. The van der Waals surface area contributed by atoms with Crippen molar-refractivity contribution >= 4 is 5.97 Å². The Morgan fingerprint density at radius 2 is 2.10 bits per heavy atom. The number of nitrogens with one attached hydrogen (secondary N) is 1. The fraction of sp³-hybridized carbons (Fsp3) is 0.357. The Morgan fingerprint density at radius 3 is 2.75 bits per heavy atom. The van der Waals surface area contributed by atoms with Crippen LogP contribution >= 0.6 is 0 Å². The second kappa shape index (κ2) is 6.81. The molecule has 2 N–H and O–H groups in total. The van der Waals surface area contributed by atoms with Crippen LogP contribution in [0.3, 0.4) is 0 Å². The first kappa shape index (κ1) is 14.2. The number of carboxylic acids is 1. The van der Waals surface area contributed by atoms with Gasteiger partial charge in [-0.1, -0.05) is 24.3 Å². The van der Waals surface area contributed by atoms with Crippen molar-refractivity contribution in [3.05, 3.63) is 47.5 Å². The number of aliphatic carboxylic acids is 1. The van der Waals surface area contributed by atoms with Crippen molar-refractivity contribution in [1.82, 2.24) is 20.1 Å². The standard InChI is InChI=1S/C14H18N4O2/c1-18-10-16-13(17-18)6-7-15-9-12-5-3-2-4-11(12)8-14(19)20/h2-5,10,15H,6-9H2,1H3,(H,19,20). The topological polar surface area (TPSA) is 80.0 Å². The lowest BCUT2D eigenvalue weighted by Crippen LogP contribution is -2.18. The zero-order valence-electron chi connectivity index (χ0n) is 11.4. The van der Waals surface area contributed by atoms with Gasteiger partial charge in [-0.05, 0) is 11.1 Å². The van der Waals surface area contributed by atoms with Crippen molar-refractivity contribution in [2.75, 3.05) is 6.54 Å². The Labute approximate surface area is 117 Å². The molecule has 0 radical (unpaired) electrons. The molecule has 6 nitrogen and oxygen atoms in total. The lowest BCUT2D eigenvalue weighted by Gasteiger charge is -2.08. The van der Waals surface area contributed by atoms with E-state index in [0.717, 1.165) is 29.9 Å². The van der Waals surface area contributed by atoms with Gasteiger partial charge in [0.05, 0.1) is 6.42 Å². The summed E-state index contributed by atoms with van der Waals surface area (Å²) in [6.07, 6.45) is 2.49. The Kier molecular flexibility index (Phi) is 4.84. The largest absolute Gasteiger partial charge is 0.481 e. The molecule has 0 unspecified atom stereocenters. The van der Waals surface area contributed by atoms with Crippen molar-refractivity contribution in [3.63, 3.8) is 0 Å². The number of rotatable bonds is 7. The smallest absolute Gasteiger partial charge is 0.307 e. The highest BCUT2D eigenvalue weighted by molar-refractivity contribution is 5.70. The molecule has 2 aromatic rings. The Morgan fingerprint density at radius 1 is 1.35 bits per heavy atom. The average Bonchev–Trinajstić information content (AvgIpc) is 2.81. The molecule has 0 aliphatic rings. The van der Waals surface area contributed by atoms with Gasteiger partial charge in [-0.15, -0.1) is 0 Å². The quantitative estimate of drug-likeness (QED) is 0.729. The normalized spacial score (nSPS) is 10.7. The van der Waals surface area contributed by atoms with E-state index >= 15 is 0 Å². The maximum absolute atomic E-state index is 10.8. The number of aromatic nitrogens is 3. The fourth-order valence-electron chi connectivity index (χ4n) is 1.99. The van der Waals surface area contributed by atoms with E-state index in [1.165, 1.54) is 0 Å². The molecule has 1 aromatic carbocycles. The van der Waals surface area contributed by atoms with Gasteiger partial charge in [0.15, 0.2) is 5.82 Å². The molecule has 20 heavy (non-hydrogen) atoms. The molecule has 0 aliphatic carbocycles. The number of carbonyl (C=O) groups is 1. The maximum atomic E-state index is 10.8. The van der Waals surface area contributed by atoms with E-state index in [4.69, 9.17) is 5.11 Å². The van der Waals surface area contributed by atoms with Crippen LogP contribution in [0.25, 0.3) is 0 Å². The van der Waals surface area contributed by atoms with Crippen LogP contribution in [-0.2, 0) is 31.2 Å². The van der Waals surface area contributed by atoms with E-state index in [9.17, 15) is 4.79 Å². The maximum Gasteiger partial charge on any atom is 0.307 e. The molecule has 0 fully saturated rings. The summed E-state index contributed by atoms with van der Waals surface area (Å²) in [5.74, 6) is -0.00560. The van der Waals surface area contributed by atoms with Gasteiger partial charge in [0.2, 0.25) is 0 Å². The van der Waals surface area contributed by atoms with Crippen molar-refractivity contribution < 1.29 is 9.90 Å². The number of hydrogen-bond acceptors (Lipinski definition) is 4. The summed E-state index contributed by atoms with van der Waals surface area (Å²) in [5, 5.41) is 16.4. The van der Waals surface area contributed by atoms with Crippen LogP contribution in [0.2, 0.25) is 0 Å². The first-order valence-electron chi connectivity index (χ1n) is 6.49. The van der Waals surface area contributed by atoms with Gasteiger partial charge in [0.25, 0.3) is 0 Å². The minimum Gasteiger partial charge on any atom is -0.481 e. The SMILES string of the molecule is Cn1cnc(CCNCc2ccccc2CC(=O)O)n1. The summed E-state index contributed by atoms with van der Waals surface area (Å²) in [7, 11) is 1.84. The molecule has 0 spiro atoms. The van der Waals surface area contributed by atoms with Crippen LogP contribution in [0, 0.1) is 0 Å². The lowest BCUT2D eigenvalue weighted by atomic mass is 10.0. The predicted molar refractivity (Wildman–Crippen MR) is 74.2 cm³/mol. The Hall–Kier alpha value is -2.21. The highest BCUT2D eigenvalue weighted by Gasteiger charge is 2.06. The molecule has 0 atom stereocenters. The van der Waals surface area contributed by atoms with Crippen molar-refractivity contribution in [1.29, 1.82) is 0 Å². The van der Waals surface area contributed by atoms with Crippen LogP contribution in [0.15, 0.2) is 30.6 Å². The Balaban J connectivity index is 1.83. The molecule has 6 heteroatoms. The number of aryl methyl sites for hydroxylation is 1. The van der Waals surface area contributed by atoms with Gasteiger partial charge in [0.1, 0.15) is 6.33 Å².